The largest absolute Gasteiger partial charge is 0.493 e. The number of carbonyl (C=O) groups excluding carboxylic acids is 2. The number of benzene rings is 3. The molecule has 0 spiro atoms. The van der Waals surface area contributed by atoms with E-state index in [1.807, 2.05) is 27.7 Å². The molecule has 0 fully saturated rings. The maximum atomic E-state index is 14.5. The molecule has 0 atom stereocenters. The lowest BCUT2D eigenvalue weighted by Crippen LogP contribution is -2.11. The first-order valence-corrected chi connectivity index (χ1v) is 14.4. The van der Waals surface area contributed by atoms with Crippen LogP contribution in [0.15, 0.2) is 52.3 Å². The zero-order chi connectivity index (χ0) is 31.4. The van der Waals surface area contributed by atoms with E-state index in [2.05, 4.69) is 0 Å². The Bertz CT molecular complexity index is 1550. The number of carbonyl (C=O) groups is 2. The summed E-state index contributed by atoms with van der Waals surface area (Å²) in [7, 11) is 7.52. The zero-order valence-corrected chi connectivity index (χ0v) is 26.6. The summed E-state index contributed by atoms with van der Waals surface area (Å²) in [5.74, 6) is 2.09. The van der Waals surface area contributed by atoms with Gasteiger partial charge in [-0.2, -0.15) is 0 Å². The van der Waals surface area contributed by atoms with Crippen molar-refractivity contribution in [2.24, 2.45) is 0 Å². The van der Waals surface area contributed by atoms with Crippen molar-refractivity contribution in [1.82, 2.24) is 0 Å². The van der Waals surface area contributed by atoms with Crippen LogP contribution < -0.4 is 33.2 Å². The highest BCUT2D eigenvalue weighted by Crippen LogP contribution is 2.49. The van der Waals surface area contributed by atoms with Gasteiger partial charge in [-0.25, -0.2) is 0 Å². The Labute approximate surface area is 256 Å². The Morgan fingerprint density at radius 2 is 1.16 bits per heavy atom. The van der Waals surface area contributed by atoms with Gasteiger partial charge in [0.1, 0.15) is 0 Å². The number of ketones is 2. The maximum Gasteiger partial charge on any atom is 0.203 e. The molecule has 3 aromatic rings. The summed E-state index contributed by atoms with van der Waals surface area (Å²) in [5.41, 5.74) is 1.32. The molecule has 4 rings (SSSR count). The van der Waals surface area contributed by atoms with E-state index in [9.17, 15) is 9.59 Å². The van der Waals surface area contributed by atoms with Crippen molar-refractivity contribution in [1.29, 1.82) is 0 Å². The van der Waals surface area contributed by atoms with E-state index in [0.717, 1.165) is 0 Å². The van der Waals surface area contributed by atoms with Gasteiger partial charge >= 0.3 is 0 Å². The van der Waals surface area contributed by atoms with Crippen molar-refractivity contribution in [3.63, 3.8) is 0 Å². The fourth-order valence-corrected chi connectivity index (χ4v) is 5.81. The highest BCUT2D eigenvalue weighted by Gasteiger charge is 2.35. The number of hydrogen-bond donors (Lipinski definition) is 0. The summed E-state index contributed by atoms with van der Waals surface area (Å²) in [4.78, 5) is 29.5. The molecule has 43 heavy (non-hydrogen) atoms. The van der Waals surface area contributed by atoms with E-state index in [0.29, 0.717) is 56.3 Å². The summed E-state index contributed by atoms with van der Waals surface area (Å²) in [5, 5.41) is 0. The highest BCUT2D eigenvalue weighted by atomic mass is 32.2. The van der Waals surface area contributed by atoms with Gasteiger partial charge in [-0.05, 0) is 69.7 Å². The first-order chi connectivity index (χ1) is 20.6. The number of hydrogen-bond acceptors (Lipinski definition) is 10. The van der Waals surface area contributed by atoms with Crippen LogP contribution in [0.3, 0.4) is 0 Å². The minimum atomic E-state index is -0.422. The topological polar surface area (TPSA) is 98.8 Å². The van der Waals surface area contributed by atoms with Gasteiger partial charge in [0.25, 0.3) is 0 Å². The van der Waals surface area contributed by atoms with Crippen molar-refractivity contribution < 1.29 is 42.7 Å². The minimum Gasteiger partial charge on any atom is -0.493 e. The molecule has 10 heteroatoms. The highest BCUT2D eigenvalue weighted by molar-refractivity contribution is 8.05. The molecule has 0 amide bonds. The van der Waals surface area contributed by atoms with Gasteiger partial charge in [-0.3, -0.25) is 9.59 Å². The lowest BCUT2D eigenvalue weighted by Gasteiger charge is -2.18. The number of allylic oxidation sites excluding steroid dienone is 2. The number of Topliss-reactive ketones (excluding diaryl/α,β-unsaturated/α-hetero) is 2. The summed E-state index contributed by atoms with van der Waals surface area (Å²) < 4.78 is 39.4. The first-order valence-electron chi connectivity index (χ1n) is 13.6. The van der Waals surface area contributed by atoms with Gasteiger partial charge in [0.15, 0.2) is 40.3 Å². The van der Waals surface area contributed by atoms with E-state index in [-0.39, 0.29) is 34.0 Å². The van der Waals surface area contributed by atoms with Crippen LogP contribution in [0.5, 0.6) is 40.2 Å². The van der Waals surface area contributed by atoms with Gasteiger partial charge in [-0.1, -0.05) is 17.8 Å². The number of thioether (sulfide) groups is 1. The van der Waals surface area contributed by atoms with E-state index >= 15 is 0 Å². The minimum absolute atomic E-state index is 0.137. The fourth-order valence-electron chi connectivity index (χ4n) is 4.65. The molecule has 1 aliphatic rings. The normalized spacial score (nSPS) is 13.5. The van der Waals surface area contributed by atoms with Crippen LogP contribution in [0.25, 0.3) is 5.57 Å². The molecule has 0 aromatic heterocycles. The molecule has 0 N–H and O–H groups in total. The molecular formula is C33H36O9S. The third-order valence-electron chi connectivity index (χ3n) is 6.49. The third-order valence-corrected chi connectivity index (χ3v) is 7.64. The molecular weight excluding hydrogens is 572 g/mol. The standard InChI is InChI=1S/C33H36O9S/c1-17(2)41-24-12-19(10-11-22(24)36-5)29(30(34)20-13-26(38-7)32(40-9)27(14-20)39-8)33-31(35)21-15-25(42-18(3)4)23(37-6)16-28(21)43-33/h10-18H,1-9H3. The van der Waals surface area contributed by atoms with Crippen LogP contribution in [0.2, 0.25) is 0 Å². The Morgan fingerprint density at radius 1 is 0.628 bits per heavy atom. The number of rotatable bonds is 12. The van der Waals surface area contributed by atoms with Crippen molar-refractivity contribution in [3.05, 3.63) is 64.1 Å². The second-order valence-corrected chi connectivity index (χ2v) is 11.1. The lowest BCUT2D eigenvalue weighted by molar-refractivity contribution is 0.102. The average molecular weight is 609 g/mol. The van der Waals surface area contributed by atoms with Gasteiger partial charge in [-0.15, -0.1) is 0 Å². The fraction of sp³-hybridized carbons (Fsp3) is 0.333. The predicted molar refractivity (Wildman–Crippen MR) is 165 cm³/mol. The molecule has 3 aromatic carbocycles. The van der Waals surface area contributed by atoms with E-state index < -0.39 is 5.78 Å². The number of methoxy groups -OCH3 is 5. The van der Waals surface area contributed by atoms with E-state index in [4.69, 9.17) is 33.2 Å². The van der Waals surface area contributed by atoms with Crippen molar-refractivity contribution >= 4 is 28.9 Å². The molecule has 1 heterocycles. The van der Waals surface area contributed by atoms with E-state index in [1.165, 1.54) is 33.1 Å². The zero-order valence-electron chi connectivity index (χ0n) is 25.8. The van der Waals surface area contributed by atoms with E-state index in [1.54, 1.807) is 56.7 Å². The van der Waals surface area contributed by atoms with Crippen LogP contribution in [0.1, 0.15) is 54.0 Å². The van der Waals surface area contributed by atoms with Gasteiger partial charge in [0.05, 0.1) is 52.7 Å². The predicted octanol–water partition coefficient (Wildman–Crippen LogP) is 6.89. The SMILES string of the molecule is COc1ccc(C(C(=O)c2cc(OC)c(OC)c(OC)c2)=C2Sc3cc(OC)c(OC(C)C)cc3C2=O)cc1OC(C)C. The number of ether oxygens (including phenoxy) is 7. The Balaban J connectivity index is 1.98. The summed E-state index contributed by atoms with van der Waals surface area (Å²) in [6, 6.07) is 11.7. The molecule has 0 unspecified atom stereocenters. The maximum absolute atomic E-state index is 14.5. The number of fused-ring (bicyclic) bond motifs is 1. The van der Waals surface area contributed by atoms with Crippen LogP contribution in [0, 0.1) is 0 Å². The molecule has 0 radical (unpaired) electrons. The average Bonchev–Trinajstić information content (AvgIpc) is 3.29. The first kappa shape index (κ1) is 31.6. The van der Waals surface area contributed by atoms with Crippen molar-refractivity contribution in [2.45, 2.75) is 44.8 Å². The van der Waals surface area contributed by atoms with Gasteiger partial charge in [0, 0.05) is 21.6 Å². The monoisotopic (exact) mass is 608 g/mol. The van der Waals surface area contributed by atoms with Crippen LogP contribution in [-0.2, 0) is 0 Å². The second-order valence-electron chi connectivity index (χ2n) is 10.1. The Hall–Kier alpha value is -4.31. The summed E-state index contributed by atoms with van der Waals surface area (Å²) in [6.45, 7) is 7.57. The quantitative estimate of drug-likeness (QED) is 0.160. The molecule has 0 bridgehead atoms. The molecule has 1 aliphatic heterocycles. The van der Waals surface area contributed by atoms with Crippen molar-refractivity contribution in [3.8, 4) is 40.2 Å². The second kappa shape index (κ2) is 13.3. The summed E-state index contributed by atoms with van der Waals surface area (Å²) >= 11 is 1.20. The lowest BCUT2D eigenvalue weighted by atomic mass is 9.93. The molecule has 0 aliphatic carbocycles. The van der Waals surface area contributed by atoms with Gasteiger partial charge < -0.3 is 33.2 Å². The molecule has 228 valence electrons. The third kappa shape index (κ3) is 6.39. The van der Waals surface area contributed by atoms with Crippen LogP contribution >= 0.6 is 11.8 Å². The van der Waals surface area contributed by atoms with Gasteiger partial charge in [0.2, 0.25) is 11.5 Å². The Morgan fingerprint density at radius 3 is 1.67 bits per heavy atom. The molecule has 0 saturated heterocycles. The molecule has 0 saturated carbocycles. The summed E-state index contributed by atoms with van der Waals surface area (Å²) in [6.07, 6.45) is -0.299. The van der Waals surface area contributed by atoms with Crippen molar-refractivity contribution in [2.75, 3.05) is 35.5 Å². The van der Waals surface area contributed by atoms with Crippen LogP contribution in [0.4, 0.5) is 0 Å². The van der Waals surface area contributed by atoms with Crippen LogP contribution in [-0.4, -0.2) is 59.3 Å². The smallest absolute Gasteiger partial charge is 0.203 e. The molecule has 9 nitrogen and oxygen atoms in total. The Kier molecular flexibility index (Phi) is 9.80.